The van der Waals surface area contributed by atoms with Crippen LogP contribution in [-0.4, -0.2) is 13.0 Å². The van der Waals surface area contributed by atoms with Crippen molar-refractivity contribution in [3.05, 3.63) is 58.7 Å². The number of nitrogens with one attached hydrogen (secondary N) is 1. The fraction of sp³-hybridized carbons (Fsp3) is 0.133. The number of ether oxygens (including phenoxy) is 1. The summed E-state index contributed by atoms with van der Waals surface area (Å²) in [6, 6.07) is 5.99. The molecule has 0 spiro atoms. The van der Waals surface area contributed by atoms with Crippen molar-refractivity contribution in [3.8, 4) is 5.75 Å². The number of anilines is 1. The number of rotatable bonds is 3. The molecule has 7 heteroatoms. The third-order valence-corrected chi connectivity index (χ3v) is 3.04. The Morgan fingerprint density at radius 1 is 1.05 bits per heavy atom. The van der Waals surface area contributed by atoms with Crippen molar-refractivity contribution in [2.24, 2.45) is 0 Å². The van der Waals surface area contributed by atoms with Gasteiger partial charge in [0, 0.05) is 17.3 Å². The second kappa shape index (κ2) is 6.05. The molecule has 0 aliphatic rings. The monoisotopic (exact) mass is 313 g/mol. The Labute approximate surface area is 123 Å². The molecule has 2 rings (SSSR count). The van der Waals surface area contributed by atoms with E-state index in [0.29, 0.717) is 5.75 Å². The van der Waals surface area contributed by atoms with Crippen molar-refractivity contribution in [2.75, 3.05) is 12.4 Å². The minimum absolute atomic E-state index is 0.186. The lowest BCUT2D eigenvalue weighted by molar-refractivity contribution is 0.101. The Balaban J connectivity index is 2.42. The van der Waals surface area contributed by atoms with Crippen LogP contribution in [0.15, 0.2) is 24.3 Å². The predicted octanol–water partition coefficient (Wildman–Crippen LogP) is 3.81. The lowest BCUT2D eigenvalue weighted by Gasteiger charge is -2.11. The first-order chi connectivity index (χ1) is 10.4. The van der Waals surface area contributed by atoms with Gasteiger partial charge in [0.1, 0.15) is 17.1 Å². The summed E-state index contributed by atoms with van der Waals surface area (Å²) in [5.74, 6) is -7.70. The number of hydrogen-bond acceptors (Lipinski definition) is 2. The molecule has 0 fully saturated rings. The molecule has 0 aromatic heterocycles. The van der Waals surface area contributed by atoms with Gasteiger partial charge in [-0.05, 0) is 19.1 Å². The fourth-order valence-corrected chi connectivity index (χ4v) is 1.84. The smallest absolute Gasteiger partial charge is 0.261 e. The Kier molecular flexibility index (Phi) is 4.35. The molecule has 0 aliphatic heterocycles. The summed E-state index contributed by atoms with van der Waals surface area (Å²) in [5.41, 5.74) is -1.76. The van der Waals surface area contributed by atoms with Gasteiger partial charge < -0.3 is 10.1 Å². The molecule has 3 nitrogen and oxygen atoms in total. The maximum atomic E-state index is 13.9. The zero-order chi connectivity index (χ0) is 16.4. The van der Waals surface area contributed by atoms with Crippen molar-refractivity contribution in [3.63, 3.8) is 0 Å². The van der Waals surface area contributed by atoms with Gasteiger partial charge in [0.2, 0.25) is 0 Å². The van der Waals surface area contributed by atoms with Crippen molar-refractivity contribution < 1.29 is 27.1 Å². The highest BCUT2D eigenvalue weighted by atomic mass is 19.2. The highest BCUT2D eigenvalue weighted by Gasteiger charge is 2.27. The highest BCUT2D eigenvalue weighted by molar-refractivity contribution is 6.04. The zero-order valence-corrected chi connectivity index (χ0v) is 11.6. The molecule has 22 heavy (non-hydrogen) atoms. The second-order valence-corrected chi connectivity index (χ2v) is 4.44. The molecular formula is C15H11F4NO2. The number of methoxy groups -OCH3 is 1. The van der Waals surface area contributed by atoms with E-state index in [4.69, 9.17) is 4.74 Å². The normalized spacial score (nSPS) is 10.5. The van der Waals surface area contributed by atoms with Gasteiger partial charge >= 0.3 is 0 Å². The van der Waals surface area contributed by atoms with Crippen LogP contribution in [0.4, 0.5) is 23.2 Å². The molecule has 2 aromatic rings. The quantitative estimate of drug-likeness (QED) is 0.531. The van der Waals surface area contributed by atoms with Gasteiger partial charge in [-0.2, -0.15) is 0 Å². The summed E-state index contributed by atoms with van der Waals surface area (Å²) >= 11 is 0. The molecule has 2 aromatic carbocycles. The van der Waals surface area contributed by atoms with E-state index in [1.54, 1.807) is 6.07 Å². The topological polar surface area (TPSA) is 38.3 Å². The Hall–Kier alpha value is -2.57. The number of carbonyl (C=O) groups is 1. The van der Waals surface area contributed by atoms with Crippen molar-refractivity contribution in [1.29, 1.82) is 0 Å². The molecule has 1 amide bonds. The zero-order valence-electron chi connectivity index (χ0n) is 11.6. The minimum atomic E-state index is -1.89. The van der Waals surface area contributed by atoms with Gasteiger partial charge in [0.05, 0.1) is 7.11 Å². The summed E-state index contributed by atoms with van der Waals surface area (Å²) < 4.78 is 59.0. The highest BCUT2D eigenvalue weighted by Crippen LogP contribution is 2.25. The van der Waals surface area contributed by atoms with Gasteiger partial charge in [-0.25, -0.2) is 17.6 Å². The van der Waals surface area contributed by atoms with E-state index in [0.717, 1.165) is 6.92 Å². The van der Waals surface area contributed by atoms with Crippen LogP contribution in [0.2, 0.25) is 0 Å². The predicted molar refractivity (Wildman–Crippen MR) is 72.0 cm³/mol. The van der Waals surface area contributed by atoms with Crippen molar-refractivity contribution >= 4 is 11.6 Å². The third-order valence-electron chi connectivity index (χ3n) is 3.04. The molecule has 0 radical (unpaired) electrons. The molecule has 0 unspecified atom stereocenters. The third kappa shape index (κ3) is 2.74. The van der Waals surface area contributed by atoms with Gasteiger partial charge in [-0.15, -0.1) is 0 Å². The Bertz CT molecular complexity index is 718. The lowest BCUT2D eigenvalue weighted by atomic mass is 10.1. The average molecular weight is 313 g/mol. The van der Waals surface area contributed by atoms with Crippen LogP contribution in [-0.2, 0) is 0 Å². The molecule has 0 bridgehead atoms. The van der Waals surface area contributed by atoms with E-state index in [9.17, 15) is 22.4 Å². The number of hydrogen-bond donors (Lipinski definition) is 1. The van der Waals surface area contributed by atoms with Crippen LogP contribution in [0.3, 0.4) is 0 Å². The SMILES string of the molecule is COc1cccc(NC(=O)c2c(F)c(C)c(F)c(F)c2F)c1. The molecule has 0 saturated heterocycles. The molecule has 0 aliphatic carbocycles. The maximum Gasteiger partial charge on any atom is 0.261 e. The van der Waals surface area contributed by atoms with E-state index in [1.165, 1.54) is 25.3 Å². The maximum absolute atomic E-state index is 13.9. The van der Waals surface area contributed by atoms with E-state index in [1.807, 2.05) is 0 Å². The number of amides is 1. The summed E-state index contributed by atoms with van der Waals surface area (Å²) in [7, 11) is 1.40. The first kappa shape index (κ1) is 15.8. The molecule has 0 saturated carbocycles. The molecular weight excluding hydrogens is 302 g/mol. The van der Waals surface area contributed by atoms with E-state index < -0.39 is 40.3 Å². The number of benzene rings is 2. The number of halogens is 4. The van der Waals surface area contributed by atoms with Gasteiger partial charge in [-0.3, -0.25) is 4.79 Å². The fourth-order valence-electron chi connectivity index (χ4n) is 1.84. The van der Waals surface area contributed by atoms with E-state index in [2.05, 4.69) is 5.32 Å². The van der Waals surface area contributed by atoms with Crippen LogP contribution >= 0.6 is 0 Å². The molecule has 0 heterocycles. The minimum Gasteiger partial charge on any atom is -0.497 e. The summed E-state index contributed by atoms with van der Waals surface area (Å²) in [6.07, 6.45) is 0. The Morgan fingerprint density at radius 3 is 2.36 bits per heavy atom. The first-order valence-corrected chi connectivity index (χ1v) is 6.14. The van der Waals surface area contributed by atoms with Crippen LogP contribution in [0.5, 0.6) is 5.75 Å². The number of carbonyl (C=O) groups excluding carboxylic acids is 1. The summed E-state index contributed by atoms with van der Waals surface area (Å²) in [5, 5.41) is 2.20. The molecule has 1 N–H and O–H groups in total. The molecule has 116 valence electrons. The van der Waals surface area contributed by atoms with E-state index in [-0.39, 0.29) is 5.69 Å². The van der Waals surface area contributed by atoms with Gasteiger partial charge in [-0.1, -0.05) is 6.07 Å². The van der Waals surface area contributed by atoms with Crippen LogP contribution < -0.4 is 10.1 Å². The van der Waals surface area contributed by atoms with Crippen LogP contribution in [0, 0.1) is 30.2 Å². The lowest BCUT2D eigenvalue weighted by Crippen LogP contribution is -2.19. The summed E-state index contributed by atoms with van der Waals surface area (Å²) in [6.45, 7) is 0.912. The Morgan fingerprint density at radius 2 is 1.73 bits per heavy atom. The van der Waals surface area contributed by atoms with Crippen molar-refractivity contribution in [2.45, 2.75) is 6.92 Å². The van der Waals surface area contributed by atoms with Gasteiger partial charge in [0.15, 0.2) is 17.5 Å². The molecule has 0 atom stereocenters. The van der Waals surface area contributed by atoms with Gasteiger partial charge in [0.25, 0.3) is 5.91 Å². The van der Waals surface area contributed by atoms with E-state index >= 15 is 0 Å². The average Bonchev–Trinajstić information content (AvgIpc) is 2.51. The van der Waals surface area contributed by atoms with Crippen LogP contribution in [0.25, 0.3) is 0 Å². The summed E-state index contributed by atoms with van der Waals surface area (Å²) in [4.78, 5) is 12.0. The van der Waals surface area contributed by atoms with Crippen molar-refractivity contribution in [1.82, 2.24) is 0 Å². The largest absolute Gasteiger partial charge is 0.497 e. The standard InChI is InChI=1S/C15H11F4NO2/c1-7-11(16)10(13(18)14(19)12(7)17)15(21)20-8-4-3-5-9(6-8)22-2/h3-6H,1-2H3,(H,20,21). The van der Waals surface area contributed by atoms with Crippen LogP contribution in [0.1, 0.15) is 15.9 Å². The second-order valence-electron chi connectivity index (χ2n) is 4.44. The first-order valence-electron chi connectivity index (χ1n) is 6.14.